The van der Waals surface area contributed by atoms with Gasteiger partial charge in [0.2, 0.25) is 0 Å². The normalized spacial score (nSPS) is 11.8. The van der Waals surface area contributed by atoms with E-state index in [4.69, 9.17) is 4.74 Å². The van der Waals surface area contributed by atoms with E-state index in [1.165, 1.54) is 24.0 Å². The minimum absolute atomic E-state index is 0.0254. The van der Waals surface area contributed by atoms with Crippen LogP contribution in [0.3, 0.4) is 0 Å². The number of amides is 1. The van der Waals surface area contributed by atoms with Gasteiger partial charge < -0.3 is 9.30 Å². The first kappa shape index (κ1) is 20.0. The molecule has 2 aromatic carbocycles. The molecule has 0 N–H and O–H groups in total. The number of aromatic nitrogens is 1. The van der Waals surface area contributed by atoms with Crippen LogP contribution in [0.1, 0.15) is 29.2 Å². The number of hydrogen-bond donors (Lipinski definition) is 0. The SMILES string of the molecule is CCc1ccc2c(c1)sc(=NC(=O)Cc1ccc(C)cc1C)n2CC(=O)OC. The number of thiazole rings is 1. The number of methoxy groups -OCH3 is 1. The maximum Gasteiger partial charge on any atom is 0.325 e. The van der Waals surface area contributed by atoms with Gasteiger partial charge in [-0.1, -0.05) is 48.1 Å². The van der Waals surface area contributed by atoms with Crippen molar-refractivity contribution in [1.82, 2.24) is 4.57 Å². The molecule has 0 aliphatic carbocycles. The Morgan fingerprint density at radius 1 is 1.14 bits per heavy atom. The van der Waals surface area contributed by atoms with Crippen molar-refractivity contribution in [3.8, 4) is 0 Å². The summed E-state index contributed by atoms with van der Waals surface area (Å²) in [4.78, 5) is 29.4. The van der Waals surface area contributed by atoms with E-state index in [2.05, 4.69) is 24.0 Å². The second kappa shape index (κ2) is 8.52. The van der Waals surface area contributed by atoms with Gasteiger partial charge in [-0.05, 0) is 49.1 Å². The average molecular weight is 397 g/mol. The van der Waals surface area contributed by atoms with E-state index in [1.807, 2.05) is 38.1 Å². The number of fused-ring (bicyclic) bond motifs is 1. The van der Waals surface area contributed by atoms with Gasteiger partial charge in [0.1, 0.15) is 6.54 Å². The van der Waals surface area contributed by atoms with Crippen molar-refractivity contribution in [2.75, 3.05) is 7.11 Å². The molecule has 1 heterocycles. The summed E-state index contributed by atoms with van der Waals surface area (Å²) in [7, 11) is 1.36. The predicted molar refractivity (Wildman–Crippen MR) is 111 cm³/mol. The first-order valence-electron chi connectivity index (χ1n) is 9.24. The van der Waals surface area contributed by atoms with Crippen molar-refractivity contribution in [1.29, 1.82) is 0 Å². The number of benzene rings is 2. The molecule has 0 aliphatic rings. The third-order valence-electron chi connectivity index (χ3n) is 4.73. The fraction of sp³-hybridized carbons (Fsp3) is 0.318. The van der Waals surface area contributed by atoms with Gasteiger partial charge >= 0.3 is 5.97 Å². The standard InChI is InChI=1S/C22H24N2O3S/c1-5-16-7-9-18-19(11-16)28-22(24(18)13-21(26)27-4)23-20(25)12-17-8-6-14(2)10-15(17)3/h6-11H,5,12-13H2,1-4H3. The van der Waals surface area contributed by atoms with Crippen LogP contribution >= 0.6 is 11.3 Å². The highest BCUT2D eigenvalue weighted by Crippen LogP contribution is 2.20. The number of nitrogens with zero attached hydrogens (tertiary/aromatic N) is 2. The van der Waals surface area contributed by atoms with Crippen LogP contribution in [0.25, 0.3) is 10.2 Å². The zero-order chi connectivity index (χ0) is 20.3. The number of hydrogen-bond acceptors (Lipinski definition) is 4. The van der Waals surface area contributed by atoms with Crippen molar-refractivity contribution in [3.63, 3.8) is 0 Å². The number of esters is 1. The van der Waals surface area contributed by atoms with E-state index in [0.717, 1.165) is 33.3 Å². The second-order valence-electron chi connectivity index (χ2n) is 6.81. The van der Waals surface area contributed by atoms with E-state index >= 15 is 0 Å². The molecule has 0 aliphatic heterocycles. The Morgan fingerprint density at radius 2 is 1.93 bits per heavy atom. The Hall–Kier alpha value is -2.73. The number of carbonyl (C=O) groups is 2. The van der Waals surface area contributed by atoms with Gasteiger partial charge in [0.15, 0.2) is 4.80 Å². The summed E-state index contributed by atoms with van der Waals surface area (Å²) in [6.45, 7) is 6.15. The van der Waals surface area contributed by atoms with Crippen molar-refractivity contribution in [2.45, 2.75) is 40.2 Å². The Morgan fingerprint density at radius 3 is 2.61 bits per heavy atom. The molecule has 0 saturated carbocycles. The Kier molecular flexibility index (Phi) is 6.09. The molecule has 0 spiro atoms. The molecule has 28 heavy (non-hydrogen) atoms. The first-order chi connectivity index (χ1) is 13.4. The summed E-state index contributed by atoms with van der Waals surface area (Å²) >= 11 is 1.42. The van der Waals surface area contributed by atoms with E-state index in [9.17, 15) is 9.59 Å². The van der Waals surface area contributed by atoms with Gasteiger partial charge in [-0.2, -0.15) is 4.99 Å². The highest BCUT2D eigenvalue weighted by Gasteiger charge is 2.13. The zero-order valence-corrected chi connectivity index (χ0v) is 17.4. The van der Waals surface area contributed by atoms with Gasteiger partial charge in [0.25, 0.3) is 5.91 Å². The summed E-state index contributed by atoms with van der Waals surface area (Å²) in [6.07, 6.45) is 1.15. The summed E-state index contributed by atoms with van der Waals surface area (Å²) in [5.74, 6) is -0.601. The van der Waals surface area contributed by atoms with Gasteiger partial charge in [-0.3, -0.25) is 9.59 Å². The second-order valence-corrected chi connectivity index (χ2v) is 7.82. The Bertz CT molecular complexity index is 1110. The molecule has 0 fully saturated rings. The lowest BCUT2D eigenvalue weighted by Crippen LogP contribution is -2.22. The fourth-order valence-corrected chi connectivity index (χ4v) is 4.23. The van der Waals surface area contributed by atoms with Crippen LogP contribution < -0.4 is 4.80 Å². The molecule has 5 nitrogen and oxygen atoms in total. The topological polar surface area (TPSA) is 60.7 Å². The molecule has 6 heteroatoms. The van der Waals surface area contributed by atoms with E-state index in [0.29, 0.717) is 4.80 Å². The largest absolute Gasteiger partial charge is 0.468 e. The smallest absolute Gasteiger partial charge is 0.325 e. The molecule has 1 amide bonds. The predicted octanol–water partition coefficient (Wildman–Crippen LogP) is 3.73. The van der Waals surface area contributed by atoms with Crippen molar-refractivity contribution < 1.29 is 14.3 Å². The van der Waals surface area contributed by atoms with E-state index in [-0.39, 0.29) is 24.8 Å². The minimum Gasteiger partial charge on any atom is -0.468 e. The van der Waals surface area contributed by atoms with Crippen LogP contribution in [-0.4, -0.2) is 23.6 Å². The van der Waals surface area contributed by atoms with Crippen molar-refractivity contribution in [3.05, 3.63) is 63.5 Å². The lowest BCUT2D eigenvalue weighted by molar-refractivity contribution is -0.141. The van der Waals surface area contributed by atoms with E-state index in [1.54, 1.807) is 4.57 Å². The number of carbonyl (C=O) groups excluding carboxylic acids is 2. The monoisotopic (exact) mass is 396 g/mol. The Labute approximate surface area is 168 Å². The van der Waals surface area contributed by atoms with Gasteiger partial charge in [0, 0.05) is 0 Å². The molecule has 3 rings (SSSR count). The van der Waals surface area contributed by atoms with Crippen molar-refractivity contribution >= 4 is 33.4 Å². The van der Waals surface area contributed by atoms with Gasteiger partial charge in [-0.25, -0.2) is 0 Å². The summed E-state index contributed by atoms with van der Waals surface area (Å²) in [6, 6.07) is 12.1. The zero-order valence-electron chi connectivity index (χ0n) is 16.6. The molecule has 146 valence electrons. The highest BCUT2D eigenvalue weighted by atomic mass is 32.1. The molecule has 0 atom stereocenters. The quantitative estimate of drug-likeness (QED) is 0.618. The minimum atomic E-state index is -0.373. The lowest BCUT2D eigenvalue weighted by Gasteiger charge is -2.05. The van der Waals surface area contributed by atoms with E-state index < -0.39 is 0 Å². The number of rotatable bonds is 5. The molecule has 1 aromatic heterocycles. The Balaban J connectivity index is 2.02. The third-order valence-corrected chi connectivity index (χ3v) is 5.77. The van der Waals surface area contributed by atoms with Crippen molar-refractivity contribution in [2.24, 2.45) is 4.99 Å². The molecule has 3 aromatic rings. The van der Waals surface area contributed by atoms with Crippen LogP contribution in [0.5, 0.6) is 0 Å². The van der Waals surface area contributed by atoms with Gasteiger partial charge in [0.05, 0.1) is 23.7 Å². The molecule has 0 radical (unpaired) electrons. The highest BCUT2D eigenvalue weighted by molar-refractivity contribution is 7.16. The third kappa shape index (κ3) is 4.39. The average Bonchev–Trinajstić information content (AvgIpc) is 2.99. The van der Waals surface area contributed by atoms with Crippen LogP contribution in [0.2, 0.25) is 0 Å². The molecule has 0 saturated heterocycles. The molecule has 0 bridgehead atoms. The molecular formula is C22H24N2O3S. The molecule has 0 unspecified atom stereocenters. The van der Waals surface area contributed by atoms with Crippen LogP contribution in [0.15, 0.2) is 41.4 Å². The fourth-order valence-electron chi connectivity index (χ4n) is 3.12. The van der Waals surface area contributed by atoms with Crippen LogP contribution in [0, 0.1) is 13.8 Å². The lowest BCUT2D eigenvalue weighted by atomic mass is 10.0. The molecular weight excluding hydrogens is 372 g/mol. The maximum atomic E-state index is 12.6. The number of ether oxygens (including phenoxy) is 1. The maximum absolute atomic E-state index is 12.6. The van der Waals surface area contributed by atoms with Crippen LogP contribution in [-0.2, 0) is 33.7 Å². The first-order valence-corrected chi connectivity index (χ1v) is 10.1. The summed E-state index contributed by atoms with van der Waals surface area (Å²) in [5.41, 5.74) is 5.29. The van der Waals surface area contributed by atoms with Gasteiger partial charge in [-0.15, -0.1) is 0 Å². The van der Waals surface area contributed by atoms with Crippen LogP contribution in [0.4, 0.5) is 0 Å². The summed E-state index contributed by atoms with van der Waals surface area (Å²) in [5, 5.41) is 0. The number of aryl methyl sites for hydroxylation is 3. The summed E-state index contributed by atoms with van der Waals surface area (Å²) < 4.78 is 7.57.